The maximum atomic E-state index is 6.26. The summed E-state index contributed by atoms with van der Waals surface area (Å²) in [5.41, 5.74) is 0. The molecule has 4 heteroatoms. The fraction of sp³-hybridized carbons (Fsp3) is 0.250. The lowest BCUT2D eigenvalue weighted by Gasteiger charge is -2.27. The zero-order valence-corrected chi connectivity index (χ0v) is 18.7. The van der Waals surface area contributed by atoms with Crippen LogP contribution in [0.2, 0.25) is 0 Å². The Morgan fingerprint density at radius 3 is 1.36 bits per heavy atom. The first-order valence-electron chi connectivity index (χ1n) is 9.69. The third-order valence-corrected chi connectivity index (χ3v) is 8.65. The fourth-order valence-electron chi connectivity index (χ4n) is 2.91. The van der Waals surface area contributed by atoms with Crippen molar-refractivity contribution in [2.75, 3.05) is 0 Å². The Labute approximate surface area is 171 Å². The average Bonchev–Trinajstić information content (AvgIpc) is 2.69. The zero-order valence-electron chi connectivity index (χ0n) is 16.9. The van der Waals surface area contributed by atoms with Gasteiger partial charge in [-0.2, -0.15) is 0 Å². The summed E-state index contributed by atoms with van der Waals surface area (Å²) in [5.74, 6) is 0. The molecule has 0 bridgehead atoms. The van der Waals surface area contributed by atoms with Crippen molar-refractivity contribution in [1.82, 2.24) is 0 Å². The molecule has 0 heterocycles. The maximum absolute atomic E-state index is 6.26. The third kappa shape index (κ3) is 5.49. The van der Waals surface area contributed by atoms with Gasteiger partial charge in [0.2, 0.25) is 8.38 Å². The fourth-order valence-corrected chi connectivity index (χ4v) is 7.30. The second-order valence-corrected chi connectivity index (χ2v) is 10.7. The van der Waals surface area contributed by atoms with Crippen molar-refractivity contribution in [3.63, 3.8) is 0 Å². The number of hydrogen-bond donors (Lipinski definition) is 0. The van der Waals surface area contributed by atoms with Crippen LogP contribution in [0.5, 0.6) is 0 Å². The van der Waals surface area contributed by atoms with Gasteiger partial charge in [-0.25, -0.2) is 0 Å². The maximum Gasteiger partial charge on any atom is 0.206 e. The summed E-state index contributed by atoms with van der Waals surface area (Å²) in [6.45, 7) is 8.27. The van der Waals surface area contributed by atoms with Crippen LogP contribution in [-0.4, -0.2) is 12.2 Å². The standard InChI is InChI=1S/C24H28O2P2/c1-19(2)25-28(26-20(3)4)24-18-12-11-17-23(24)27(21-13-7-5-8-14-21)22-15-9-6-10-16-22/h5-20H,1-4H3. The van der Waals surface area contributed by atoms with Gasteiger partial charge in [0.1, 0.15) is 0 Å². The van der Waals surface area contributed by atoms with Crippen LogP contribution in [-0.2, 0) is 9.05 Å². The van der Waals surface area contributed by atoms with Gasteiger partial charge in [0.25, 0.3) is 0 Å². The highest BCUT2D eigenvalue weighted by molar-refractivity contribution is 7.81. The Morgan fingerprint density at radius 1 is 0.536 bits per heavy atom. The van der Waals surface area contributed by atoms with E-state index < -0.39 is 16.3 Å². The van der Waals surface area contributed by atoms with Crippen LogP contribution >= 0.6 is 16.3 Å². The highest BCUT2D eigenvalue weighted by Crippen LogP contribution is 2.43. The van der Waals surface area contributed by atoms with E-state index >= 15 is 0 Å². The average molecular weight is 410 g/mol. The van der Waals surface area contributed by atoms with Crippen LogP contribution in [0.4, 0.5) is 0 Å². The summed E-state index contributed by atoms with van der Waals surface area (Å²) >= 11 is 0. The molecule has 0 saturated heterocycles. The van der Waals surface area contributed by atoms with Crippen molar-refractivity contribution in [2.45, 2.75) is 39.9 Å². The molecule has 0 spiro atoms. The van der Waals surface area contributed by atoms with Gasteiger partial charge >= 0.3 is 0 Å². The molecular formula is C24H28O2P2. The van der Waals surface area contributed by atoms with E-state index in [0.717, 1.165) is 0 Å². The van der Waals surface area contributed by atoms with Crippen LogP contribution in [0.1, 0.15) is 27.7 Å². The molecule has 0 N–H and O–H groups in total. The van der Waals surface area contributed by atoms with Gasteiger partial charge in [-0.05, 0) is 57.6 Å². The zero-order chi connectivity index (χ0) is 19.9. The van der Waals surface area contributed by atoms with E-state index in [1.807, 2.05) is 0 Å². The molecule has 2 nitrogen and oxygen atoms in total. The summed E-state index contributed by atoms with van der Waals surface area (Å²) in [5, 5.41) is 5.15. The second-order valence-electron chi connectivity index (χ2n) is 7.06. The molecule has 3 aromatic carbocycles. The van der Waals surface area contributed by atoms with Gasteiger partial charge in [0, 0.05) is 5.30 Å². The molecule has 0 radical (unpaired) electrons. The van der Waals surface area contributed by atoms with Crippen molar-refractivity contribution < 1.29 is 9.05 Å². The van der Waals surface area contributed by atoms with Crippen LogP contribution in [0.25, 0.3) is 0 Å². The Morgan fingerprint density at radius 2 is 0.929 bits per heavy atom. The molecule has 146 valence electrons. The number of rotatable bonds is 8. The molecule has 0 aliphatic rings. The predicted octanol–water partition coefficient (Wildman–Crippen LogP) is 5.23. The minimum absolute atomic E-state index is 0.109. The highest BCUT2D eigenvalue weighted by Gasteiger charge is 2.26. The summed E-state index contributed by atoms with van der Waals surface area (Å²) in [6.07, 6.45) is 0.218. The molecule has 3 rings (SSSR count). The number of hydrogen-bond acceptors (Lipinski definition) is 2. The normalized spacial score (nSPS) is 11.7. The summed E-state index contributed by atoms with van der Waals surface area (Å²) in [6, 6.07) is 30.2. The molecule has 0 atom stereocenters. The Balaban J connectivity index is 2.13. The van der Waals surface area contributed by atoms with Gasteiger partial charge in [0.05, 0.1) is 12.2 Å². The molecule has 0 aromatic heterocycles. The first-order valence-corrected chi connectivity index (χ1v) is 12.2. The monoisotopic (exact) mass is 410 g/mol. The lowest BCUT2D eigenvalue weighted by molar-refractivity contribution is 0.183. The molecule has 0 amide bonds. The van der Waals surface area contributed by atoms with Crippen molar-refractivity contribution >= 4 is 37.5 Å². The molecule has 0 aliphatic carbocycles. The summed E-state index contributed by atoms with van der Waals surface area (Å²) < 4.78 is 12.5. The Kier molecular flexibility index (Phi) is 7.77. The first-order chi connectivity index (χ1) is 13.6. The quantitative estimate of drug-likeness (QED) is 0.474. The van der Waals surface area contributed by atoms with E-state index in [1.54, 1.807) is 0 Å². The van der Waals surface area contributed by atoms with Crippen LogP contribution in [0, 0.1) is 0 Å². The van der Waals surface area contributed by atoms with Crippen LogP contribution in [0.15, 0.2) is 84.9 Å². The van der Waals surface area contributed by atoms with Gasteiger partial charge in [0.15, 0.2) is 0 Å². The first kappa shape index (κ1) is 21.2. The van der Waals surface area contributed by atoms with E-state index in [0.29, 0.717) is 0 Å². The number of benzene rings is 3. The Bertz CT molecular complexity index is 801. The predicted molar refractivity (Wildman–Crippen MR) is 124 cm³/mol. The van der Waals surface area contributed by atoms with Crippen molar-refractivity contribution in [3.8, 4) is 0 Å². The van der Waals surface area contributed by atoms with E-state index in [2.05, 4.69) is 113 Å². The lowest BCUT2D eigenvalue weighted by Crippen LogP contribution is -2.31. The molecule has 0 aliphatic heterocycles. The third-order valence-electron chi connectivity index (χ3n) is 3.96. The van der Waals surface area contributed by atoms with Gasteiger partial charge in [-0.1, -0.05) is 78.9 Å². The van der Waals surface area contributed by atoms with Crippen molar-refractivity contribution in [2.24, 2.45) is 0 Å². The second kappa shape index (κ2) is 10.3. The highest BCUT2D eigenvalue weighted by atomic mass is 31.2. The van der Waals surface area contributed by atoms with E-state index in [1.165, 1.54) is 21.2 Å². The van der Waals surface area contributed by atoms with Crippen LogP contribution in [0.3, 0.4) is 0 Å². The summed E-state index contributed by atoms with van der Waals surface area (Å²) in [7, 11) is -1.85. The molecule has 3 aromatic rings. The van der Waals surface area contributed by atoms with E-state index in [-0.39, 0.29) is 12.2 Å². The minimum Gasteiger partial charge on any atom is -0.328 e. The van der Waals surface area contributed by atoms with Crippen molar-refractivity contribution in [1.29, 1.82) is 0 Å². The molecule has 0 saturated carbocycles. The van der Waals surface area contributed by atoms with Gasteiger partial charge < -0.3 is 9.05 Å². The SMILES string of the molecule is CC(C)OP(OC(C)C)c1ccccc1P(c1ccccc1)c1ccccc1. The molecular weight excluding hydrogens is 382 g/mol. The molecule has 0 fully saturated rings. The van der Waals surface area contributed by atoms with E-state index in [9.17, 15) is 0 Å². The van der Waals surface area contributed by atoms with Gasteiger partial charge in [-0.15, -0.1) is 0 Å². The topological polar surface area (TPSA) is 18.5 Å². The minimum atomic E-state index is -1.15. The van der Waals surface area contributed by atoms with Crippen LogP contribution < -0.4 is 21.2 Å². The molecule has 28 heavy (non-hydrogen) atoms. The smallest absolute Gasteiger partial charge is 0.206 e. The van der Waals surface area contributed by atoms with E-state index in [4.69, 9.17) is 9.05 Å². The largest absolute Gasteiger partial charge is 0.328 e. The van der Waals surface area contributed by atoms with Gasteiger partial charge in [-0.3, -0.25) is 0 Å². The summed E-state index contributed by atoms with van der Waals surface area (Å²) in [4.78, 5) is 0. The lowest BCUT2D eigenvalue weighted by atomic mass is 10.3. The molecule has 0 unspecified atom stereocenters. The van der Waals surface area contributed by atoms with Crippen molar-refractivity contribution in [3.05, 3.63) is 84.9 Å². The Hall–Kier alpha value is -1.56.